The van der Waals surface area contributed by atoms with E-state index in [9.17, 15) is 5.11 Å². The van der Waals surface area contributed by atoms with Crippen LogP contribution in [0.5, 0.6) is 0 Å². The Hall–Kier alpha value is -1.00. The van der Waals surface area contributed by atoms with Gasteiger partial charge in [-0.05, 0) is 37.6 Å². The van der Waals surface area contributed by atoms with E-state index in [-0.39, 0.29) is 12.5 Å². The number of rotatable bonds is 4. The molecule has 0 fully saturated rings. The fourth-order valence-electron chi connectivity index (χ4n) is 2.39. The molecule has 2 atom stereocenters. The van der Waals surface area contributed by atoms with Crippen LogP contribution >= 0.6 is 23.2 Å². The summed E-state index contributed by atoms with van der Waals surface area (Å²) in [4.78, 5) is 0. The molecule has 0 amide bonds. The first kappa shape index (κ1) is 15.4. The van der Waals surface area contributed by atoms with Crippen molar-refractivity contribution in [2.75, 3.05) is 6.54 Å². The van der Waals surface area contributed by atoms with Crippen LogP contribution < -0.4 is 5.73 Å². The molecule has 0 radical (unpaired) electrons. The Morgan fingerprint density at radius 3 is 2.40 bits per heavy atom. The Balaban J connectivity index is 2.39. The van der Waals surface area contributed by atoms with E-state index in [0.717, 1.165) is 16.9 Å². The zero-order valence-corrected chi connectivity index (χ0v) is 12.9. The second kappa shape index (κ2) is 6.19. The molecule has 0 aliphatic rings. The minimum absolute atomic E-state index is 0.270. The van der Waals surface area contributed by atoms with Gasteiger partial charge in [-0.3, -0.25) is 0 Å². The third-order valence-corrected chi connectivity index (χ3v) is 3.96. The predicted molar refractivity (Wildman–Crippen MR) is 81.4 cm³/mol. The van der Waals surface area contributed by atoms with Crippen molar-refractivity contribution < 1.29 is 9.52 Å². The molecule has 3 nitrogen and oxygen atoms in total. The van der Waals surface area contributed by atoms with Crippen molar-refractivity contribution in [1.82, 2.24) is 0 Å². The van der Waals surface area contributed by atoms with E-state index >= 15 is 0 Å². The van der Waals surface area contributed by atoms with Crippen molar-refractivity contribution >= 4 is 23.2 Å². The van der Waals surface area contributed by atoms with Crippen molar-refractivity contribution in [2.45, 2.75) is 25.9 Å². The predicted octanol–water partition coefficient (Wildman–Crippen LogP) is 3.98. The molecule has 0 saturated heterocycles. The first-order chi connectivity index (χ1) is 9.43. The summed E-state index contributed by atoms with van der Waals surface area (Å²) in [5.74, 6) is 1.14. The molecule has 5 heteroatoms. The van der Waals surface area contributed by atoms with Crippen LogP contribution in [0.25, 0.3) is 0 Å². The molecule has 0 spiro atoms. The molecule has 108 valence electrons. The summed E-state index contributed by atoms with van der Waals surface area (Å²) in [5, 5.41) is 11.6. The molecule has 1 aromatic heterocycles. The van der Waals surface area contributed by atoms with Crippen molar-refractivity contribution in [3.8, 4) is 0 Å². The highest BCUT2D eigenvalue weighted by Crippen LogP contribution is 2.37. The average molecular weight is 314 g/mol. The van der Waals surface area contributed by atoms with Gasteiger partial charge in [0.2, 0.25) is 0 Å². The van der Waals surface area contributed by atoms with Gasteiger partial charge in [-0.1, -0.05) is 29.3 Å². The number of benzene rings is 1. The van der Waals surface area contributed by atoms with Crippen LogP contribution in [0.2, 0.25) is 10.0 Å². The van der Waals surface area contributed by atoms with Crippen molar-refractivity contribution in [3.63, 3.8) is 0 Å². The van der Waals surface area contributed by atoms with E-state index in [2.05, 4.69) is 0 Å². The fourth-order valence-corrected chi connectivity index (χ4v) is 2.94. The van der Waals surface area contributed by atoms with Crippen molar-refractivity contribution in [3.05, 3.63) is 57.0 Å². The number of nitrogens with two attached hydrogens (primary N) is 1. The molecule has 2 aromatic rings. The maximum Gasteiger partial charge on any atom is 0.106 e. The highest BCUT2D eigenvalue weighted by atomic mass is 35.5. The molecule has 1 heterocycles. The number of hydrogen-bond donors (Lipinski definition) is 2. The lowest BCUT2D eigenvalue weighted by Gasteiger charge is -2.22. The molecule has 0 aliphatic heterocycles. The zero-order valence-electron chi connectivity index (χ0n) is 11.4. The van der Waals surface area contributed by atoms with E-state index in [1.54, 1.807) is 18.2 Å². The third kappa shape index (κ3) is 3.01. The zero-order chi connectivity index (χ0) is 14.9. The van der Waals surface area contributed by atoms with Crippen molar-refractivity contribution in [1.29, 1.82) is 0 Å². The lowest BCUT2D eigenvalue weighted by Crippen LogP contribution is -2.20. The highest BCUT2D eigenvalue weighted by molar-refractivity contribution is 6.35. The van der Waals surface area contributed by atoms with Crippen LogP contribution in [0.3, 0.4) is 0 Å². The summed E-state index contributed by atoms with van der Waals surface area (Å²) >= 11 is 12.1. The summed E-state index contributed by atoms with van der Waals surface area (Å²) in [5.41, 5.74) is 7.35. The number of aliphatic hydroxyl groups excluding tert-OH is 1. The molecule has 0 aliphatic carbocycles. The van der Waals surface area contributed by atoms with E-state index in [1.165, 1.54) is 0 Å². The van der Waals surface area contributed by atoms with Gasteiger partial charge in [-0.25, -0.2) is 0 Å². The van der Waals surface area contributed by atoms with Crippen LogP contribution in [-0.4, -0.2) is 11.7 Å². The normalized spacial score (nSPS) is 14.3. The lowest BCUT2D eigenvalue weighted by molar-refractivity contribution is 0.145. The largest absolute Gasteiger partial charge is 0.466 e. The van der Waals surface area contributed by atoms with Gasteiger partial charge in [-0.2, -0.15) is 0 Å². The molecule has 2 rings (SSSR count). The second-order valence-corrected chi connectivity index (χ2v) is 5.67. The summed E-state index contributed by atoms with van der Waals surface area (Å²) in [7, 11) is 0. The highest BCUT2D eigenvalue weighted by Gasteiger charge is 2.26. The number of halogens is 2. The number of furan rings is 1. The van der Waals surface area contributed by atoms with Crippen LogP contribution in [-0.2, 0) is 0 Å². The molecular weight excluding hydrogens is 297 g/mol. The Morgan fingerprint density at radius 2 is 1.90 bits per heavy atom. The van der Waals surface area contributed by atoms with Gasteiger partial charge in [0.25, 0.3) is 0 Å². The SMILES string of the molecule is Cc1cc(C(O)C(CN)c2ccc(Cl)cc2Cl)c(C)o1. The Kier molecular flexibility index (Phi) is 4.76. The molecule has 0 bridgehead atoms. The van der Waals surface area contributed by atoms with Gasteiger partial charge in [0, 0.05) is 28.1 Å². The Labute approximate surface area is 128 Å². The topological polar surface area (TPSA) is 59.4 Å². The first-order valence-corrected chi connectivity index (χ1v) is 7.09. The van der Waals surface area contributed by atoms with Gasteiger partial charge in [0.1, 0.15) is 11.5 Å². The van der Waals surface area contributed by atoms with Crippen LogP contribution in [0, 0.1) is 13.8 Å². The molecule has 20 heavy (non-hydrogen) atoms. The Bertz CT molecular complexity index is 610. The number of aryl methyl sites for hydroxylation is 2. The van der Waals surface area contributed by atoms with Crippen LogP contribution in [0.4, 0.5) is 0 Å². The summed E-state index contributed by atoms with van der Waals surface area (Å²) in [6.07, 6.45) is -0.767. The van der Waals surface area contributed by atoms with Gasteiger partial charge in [0.05, 0.1) is 6.10 Å². The standard InChI is InChI=1S/C15H17Cl2NO2/c1-8-5-12(9(2)20-8)15(19)13(7-18)11-4-3-10(16)6-14(11)17/h3-6,13,15,19H,7,18H2,1-2H3. The van der Waals surface area contributed by atoms with Gasteiger partial charge < -0.3 is 15.3 Å². The van der Waals surface area contributed by atoms with Crippen LogP contribution in [0.1, 0.15) is 34.7 Å². The molecule has 2 unspecified atom stereocenters. The lowest BCUT2D eigenvalue weighted by atomic mass is 9.89. The van der Waals surface area contributed by atoms with E-state index in [4.69, 9.17) is 33.4 Å². The minimum Gasteiger partial charge on any atom is -0.466 e. The smallest absolute Gasteiger partial charge is 0.106 e. The van der Waals surface area contributed by atoms with E-state index in [0.29, 0.717) is 15.8 Å². The molecular formula is C15H17Cl2NO2. The van der Waals surface area contributed by atoms with Crippen molar-refractivity contribution in [2.24, 2.45) is 5.73 Å². The number of aliphatic hydroxyl groups is 1. The Morgan fingerprint density at radius 1 is 1.20 bits per heavy atom. The quantitative estimate of drug-likeness (QED) is 0.897. The maximum atomic E-state index is 10.6. The first-order valence-electron chi connectivity index (χ1n) is 6.34. The van der Waals surface area contributed by atoms with Gasteiger partial charge in [0.15, 0.2) is 0 Å². The number of hydrogen-bond acceptors (Lipinski definition) is 3. The summed E-state index contributed by atoms with van der Waals surface area (Å²) in [6, 6.07) is 7.02. The van der Waals surface area contributed by atoms with E-state index < -0.39 is 6.10 Å². The maximum absolute atomic E-state index is 10.6. The summed E-state index contributed by atoms with van der Waals surface area (Å²) < 4.78 is 5.46. The molecule has 0 saturated carbocycles. The minimum atomic E-state index is -0.767. The molecule has 1 aromatic carbocycles. The molecule has 3 N–H and O–H groups in total. The van der Waals surface area contributed by atoms with Crippen LogP contribution in [0.15, 0.2) is 28.7 Å². The fraction of sp³-hybridized carbons (Fsp3) is 0.333. The van der Waals surface area contributed by atoms with Gasteiger partial charge >= 0.3 is 0 Å². The monoisotopic (exact) mass is 313 g/mol. The second-order valence-electron chi connectivity index (χ2n) is 4.82. The summed E-state index contributed by atoms with van der Waals surface area (Å²) in [6.45, 7) is 3.94. The van der Waals surface area contributed by atoms with E-state index in [1.807, 2.05) is 19.9 Å². The third-order valence-electron chi connectivity index (χ3n) is 3.40. The average Bonchev–Trinajstić information content (AvgIpc) is 2.71. The van der Waals surface area contributed by atoms with Gasteiger partial charge in [-0.15, -0.1) is 0 Å².